The number of hydrogen-bond acceptors (Lipinski definition) is 2. The highest BCUT2D eigenvalue weighted by atomic mass is 35.5. The summed E-state index contributed by atoms with van der Waals surface area (Å²) in [6, 6.07) is -0.462. The Morgan fingerprint density at radius 3 is 2.64 bits per heavy atom. The summed E-state index contributed by atoms with van der Waals surface area (Å²) in [5, 5.41) is 0.201. The second kappa shape index (κ2) is 4.14. The van der Waals surface area contributed by atoms with Crippen LogP contribution in [0.4, 0.5) is 13.2 Å². The number of hydrogen-bond donors (Lipinski definition) is 1. The minimum Gasteiger partial charge on any atom is -0.320 e. The molecule has 0 radical (unpaired) electrons. The fourth-order valence-corrected chi connectivity index (χ4v) is 1.12. The lowest BCUT2D eigenvalue weighted by Gasteiger charge is -2.15. The van der Waals surface area contributed by atoms with Crippen LogP contribution < -0.4 is 5.73 Å². The van der Waals surface area contributed by atoms with Crippen LogP contribution in [-0.2, 0) is 6.42 Å². The zero-order chi connectivity index (χ0) is 10.8. The first kappa shape index (κ1) is 11.3. The summed E-state index contributed by atoms with van der Waals surface area (Å²) >= 11 is 5.63. The Kier molecular flexibility index (Phi) is 3.34. The van der Waals surface area contributed by atoms with E-state index in [-0.39, 0.29) is 11.4 Å². The molecule has 1 atom stereocenters. The lowest BCUT2D eigenvalue weighted by atomic mass is 10.1. The third-order valence-electron chi connectivity index (χ3n) is 1.72. The van der Waals surface area contributed by atoms with E-state index in [1.165, 1.54) is 18.5 Å². The quantitative estimate of drug-likeness (QED) is 0.836. The first-order chi connectivity index (χ1) is 6.41. The van der Waals surface area contributed by atoms with Crippen LogP contribution in [-0.4, -0.2) is 17.2 Å². The highest BCUT2D eigenvalue weighted by Gasteiger charge is 2.36. The average Bonchev–Trinajstić information content (AvgIpc) is 2.07. The van der Waals surface area contributed by atoms with Crippen molar-refractivity contribution in [2.45, 2.75) is 18.6 Å². The van der Waals surface area contributed by atoms with Crippen molar-refractivity contribution in [2.75, 3.05) is 0 Å². The summed E-state index contributed by atoms with van der Waals surface area (Å²) in [4.78, 5) is 3.66. The van der Waals surface area contributed by atoms with Crippen LogP contribution in [0, 0.1) is 0 Å². The minimum absolute atomic E-state index is 0.201. The molecule has 2 N–H and O–H groups in total. The van der Waals surface area contributed by atoms with E-state index in [0.717, 1.165) is 0 Å². The minimum atomic E-state index is -4.40. The van der Waals surface area contributed by atoms with Gasteiger partial charge in [-0.05, 0) is 18.1 Å². The molecule has 1 rings (SSSR count). The van der Waals surface area contributed by atoms with Gasteiger partial charge in [0.2, 0.25) is 0 Å². The maximum absolute atomic E-state index is 12.1. The van der Waals surface area contributed by atoms with E-state index in [2.05, 4.69) is 4.98 Å². The monoisotopic (exact) mass is 224 g/mol. The van der Waals surface area contributed by atoms with Crippen molar-refractivity contribution in [3.8, 4) is 0 Å². The second-order valence-corrected chi connectivity index (χ2v) is 3.23. The lowest BCUT2D eigenvalue weighted by Crippen LogP contribution is -2.39. The van der Waals surface area contributed by atoms with Gasteiger partial charge in [-0.15, -0.1) is 0 Å². The van der Waals surface area contributed by atoms with E-state index in [0.29, 0.717) is 5.56 Å². The lowest BCUT2D eigenvalue weighted by molar-refractivity contribution is -0.147. The smallest absolute Gasteiger partial charge is 0.320 e. The van der Waals surface area contributed by atoms with Gasteiger partial charge in [0, 0.05) is 12.4 Å². The van der Waals surface area contributed by atoms with Gasteiger partial charge in [0.1, 0.15) is 6.04 Å². The Hall–Kier alpha value is -0.810. The molecular weight excluding hydrogens is 217 g/mol. The van der Waals surface area contributed by atoms with Gasteiger partial charge >= 0.3 is 6.18 Å². The van der Waals surface area contributed by atoms with Crippen molar-refractivity contribution in [1.29, 1.82) is 0 Å². The highest BCUT2D eigenvalue weighted by molar-refractivity contribution is 6.31. The van der Waals surface area contributed by atoms with Crippen LogP contribution >= 0.6 is 11.6 Å². The molecule has 14 heavy (non-hydrogen) atoms. The molecule has 6 heteroatoms. The van der Waals surface area contributed by atoms with Crippen molar-refractivity contribution in [3.05, 3.63) is 29.0 Å². The van der Waals surface area contributed by atoms with Crippen molar-refractivity contribution in [3.63, 3.8) is 0 Å². The summed E-state index contributed by atoms with van der Waals surface area (Å²) in [6.45, 7) is 0. The van der Waals surface area contributed by atoms with Crippen molar-refractivity contribution in [1.82, 2.24) is 4.98 Å². The molecule has 0 aliphatic carbocycles. The average molecular weight is 225 g/mol. The molecule has 0 saturated heterocycles. The molecular formula is C8H8ClF3N2. The van der Waals surface area contributed by atoms with Gasteiger partial charge in [-0.25, -0.2) is 0 Å². The fourth-order valence-electron chi connectivity index (χ4n) is 0.922. The SMILES string of the molecule is NC(Cc1ccncc1Cl)C(F)(F)F. The van der Waals surface area contributed by atoms with Crippen molar-refractivity contribution in [2.24, 2.45) is 5.73 Å². The largest absolute Gasteiger partial charge is 0.403 e. The Morgan fingerprint density at radius 2 is 2.14 bits per heavy atom. The van der Waals surface area contributed by atoms with E-state index in [1.54, 1.807) is 0 Å². The molecule has 1 aromatic heterocycles. The fraction of sp³-hybridized carbons (Fsp3) is 0.375. The number of nitrogens with zero attached hydrogens (tertiary/aromatic N) is 1. The van der Waals surface area contributed by atoms with Gasteiger partial charge in [0.05, 0.1) is 5.02 Å². The third kappa shape index (κ3) is 2.85. The first-order valence-electron chi connectivity index (χ1n) is 3.82. The standard InChI is InChI=1S/C8H8ClF3N2/c9-6-4-14-2-1-5(6)3-7(13)8(10,11)12/h1-2,4,7H,3,13H2. The number of nitrogens with two attached hydrogens (primary N) is 1. The topological polar surface area (TPSA) is 38.9 Å². The molecule has 0 aliphatic heterocycles. The molecule has 0 fully saturated rings. The predicted molar refractivity (Wildman–Crippen MR) is 47.0 cm³/mol. The molecule has 0 amide bonds. The number of alkyl halides is 3. The Labute approximate surface area is 83.9 Å². The Balaban J connectivity index is 2.75. The van der Waals surface area contributed by atoms with Gasteiger partial charge in [-0.2, -0.15) is 13.2 Å². The molecule has 1 unspecified atom stereocenters. The van der Waals surface area contributed by atoms with Gasteiger partial charge in [0.15, 0.2) is 0 Å². The Bertz CT molecular complexity index is 314. The van der Waals surface area contributed by atoms with Gasteiger partial charge < -0.3 is 5.73 Å². The van der Waals surface area contributed by atoms with Gasteiger partial charge in [-0.1, -0.05) is 11.6 Å². The summed E-state index contributed by atoms with van der Waals surface area (Å²) in [7, 11) is 0. The number of pyridine rings is 1. The van der Waals surface area contributed by atoms with E-state index in [9.17, 15) is 13.2 Å². The zero-order valence-electron chi connectivity index (χ0n) is 7.05. The molecule has 0 bridgehead atoms. The van der Waals surface area contributed by atoms with Crippen LogP contribution in [0.15, 0.2) is 18.5 Å². The van der Waals surface area contributed by atoms with Crippen LogP contribution in [0.2, 0.25) is 5.02 Å². The van der Waals surface area contributed by atoms with Crippen LogP contribution in [0.1, 0.15) is 5.56 Å². The van der Waals surface area contributed by atoms with E-state index in [1.807, 2.05) is 0 Å². The summed E-state index contributed by atoms with van der Waals surface area (Å²) < 4.78 is 36.2. The molecule has 1 aromatic rings. The third-order valence-corrected chi connectivity index (χ3v) is 2.06. The predicted octanol–water partition coefficient (Wildman–Crippen LogP) is 2.17. The molecule has 0 aromatic carbocycles. The molecule has 0 saturated carbocycles. The number of halogens is 4. The molecule has 78 valence electrons. The normalized spacial score (nSPS) is 14.1. The molecule has 2 nitrogen and oxygen atoms in total. The summed E-state index contributed by atoms with van der Waals surface area (Å²) in [5.74, 6) is 0. The molecule has 0 aliphatic rings. The van der Waals surface area contributed by atoms with Crippen molar-refractivity contribution < 1.29 is 13.2 Å². The van der Waals surface area contributed by atoms with E-state index in [4.69, 9.17) is 17.3 Å². The van der Waals surface area contributed by atoms with Crippen LogP contribution in [0.25, 0.3) is 0 Å². The zero-order valence-corrected chi connectivity index (χ0v) is 7.81. The number of aromatic nitrogens is 1. The maximum atomic E-state index is 12.1. The maximum Gasteiger partial charge on any atom is 0.403 e. The second-order valence-electron chi connectivity index (χ2n) is 2.82. The van der Waals surface area contributed by atoms with Crippen molar-refractivity contribution >= 4 is 11.6 Å². The number of rotatable bonds is 2. The van der Waals surface area contributed by atoms with Gasteiger partial charge in [0.25, 0.3) is 0 Å². The van der Waals surface area contributed by atoms with Crippen LogP contribution in [0.5, 0.6) is 0 Å². The molecule has 0 spiro atoms. The Morgan fingerprint density at radius 1 is 1.50 bits per heavy atom. The summed E-state index contributed by atoms with van der Waals surface area (Å²) in [6.07, 6.45) is -2.05. The highest BCUT2D eigenvalue weighted by Crippen LogP contribution is 2.23. The van der Waals surface area contributed by atoms with E-state index < -0.39 is 12.2 Å². The van der Waals surface area contributed by atoms with Gasteiger partial charge in [-0.3, -0.25) is 4.98 Å². The first-order valence-corrected chi connectivity index (χ1v) is 4.19. The van der Waals surface area contributed by atoms with Crippen LogP contribution in [0.3, 0.4) is 0 Å². The van der Waals surface area contributed by atoms with E-state index >= 15 is 0 Å². The summed E-state index contributed by atoms with van der Waals surface area (Å²) in [5.41, 5.74) is 5.30. The molecule has 1 heterocycles.